The molecule has 0 saturated carbocycles. The maximum Gasteiger partial charge on any atom is 0.267 e. The maximum atomic E-state index is 10.8. The number of hydrogen-bond donors (Lipinski definition) is 3. The lowest BCUT2D eigenvalue weighted by molar-refractivity contribution is -0.124. The molecule has 6 nitrogen and oxygen atoms in total. The summed E-state index contributed by atoms with van der Waals surface area (Å²) in [5.74, 6) is -0.0640. The van der Waals surface area contributed by atoms with E-state index in [2.05, 4.69) is 10.3 Å². The first-order chi connectivity index (χ1) is 8.67. The van der Waals surface area contributed by atoms with Crippen LogP contribution in [0.2, 0.25) is 5.02 Å². The third-order valence-electron chi connectivity index (χ3n) is 2.00. The number of nitrogens with one attached hydrogen (secondary N) is 2. The van der Waals surface area contributed by atoms with Gasteiger partial charge in [-0.25, -0.2) is 10.5 Å². The smallest absolute Gasteiger partial charge is 0.267 e. The number of pyridine rings is 1. The predicted molar refractivity (Wildman–Crippen MR) is 68.6 cm³/mol. The summed E-state index contributed by atoms with van der Waals surface area (Å²) in [6.07, 6.45) is 4.22. The van der Waals surface area contributed by atoms with Crippen molar-refractivity contribution in [3.63, 3.8) is 0 Å². The van der Waals surface area contributed by atoms with E-state index in [9.17, 15) is 4.79 Å². The fourth-order valence-corrected chi connectivity index (χ4v) is 1.40. The molecular formula is C11H14ClN3O3. The molecule has 18 heavy (non-hydrogen) atoms. The third kappa shape index (κ3) is 4.70. The number of rotatable bonds is 6. The number of carbonyl (C=O) groups is 1. The van der Waals surface area contributed by atoms with Crippen molar-refractivity contribution in [3.8, 4) is 0 Å². The first kappa shape index (κ1) is 14.4. The Morgan fingerprint density at radius 1 is 1.67 bits per heavy atom. The zero-order valence-electron chi connectivity index (χ0n) is 9.81. The van der Waals surface area contributed by atoms with Gasteiger partial charge in [-0.1, -0.05) is 11.6 Å². The van der Waals surface area contributed by atoms with E-state index in [1.807, 2.05) is 0 Å². The molecule has 0 bridgehead atoms. The number of methoxy groups -OCH3 is 1. The van der Waals surface area contributed by atoms with Crippen molar-refractivity contribution in [1.82, 2.24) is 10.5 Å². The van der Waals surface area contributed by atoms with Crippen LogP contribution >= 0.6 is 11.6 Å². The molecule has 1 aromatic heterocycles. The van der Waals surface area contributed by atoms with Gasteiger partial charge in [0.1, 0.15) is 5.82 Å². The number of ether oxygens (including phenoxy) is 1. The lowest BCUT2D eigenvalue weighted by Gasteiger charge is -2.07. The zero-order chi connectivity index (χ0) is 13.4. The molecular weight excluding hydrogens is 258 g/mol. The number of aromatic nitrogens is 1. The zero-order valence-corrected chi connectivity index (χ0v) is 10.6. The van der Waals surface area contributed by atoms with Gasteiger partial charge in [0, 0.05) is 25.9 Å². The second-order valence-electron chi connectivity index (χ2n) is 3.33. The topological polar surface area (TPSA) is 83.5 Å². The molecule has 0 aliphatic rings. The maximum absolute atomic E-state index is 10.8. The van der Waals surface area contributed by atoms with Gasteiger partial charge in [-0.2, -0.15) is 0 Å². The van der Waals surface area contributed by atoms with Gasteiger partial charge in [0.2, 0.25) is 0 Å². The largest absolute Gasteiger partial charge is 0.383 e. The van der Waals surface area contributed by atoms with Gasteiger partial charge in [-0.3, -0.25) is 10.0 Å². The van der Waals surface area contributed by atoms with Crippen molar-refractivity contribution in [2.24, 2.45) is 0 Å². The van der Waals surface area contributed by atoms with E-state index in [-0.39, 0.29) is 0 Å². The van der Waals surface area contributed by atoms with Crippen molar-refractivity contribution in [3.05, 3.63) is 28.9 Å². The van der Waals surface area contributed by atoms with Crippen LogP contribution in [0.3, 0.4) is 0 Å². The van der Waals surface area contributed by atoms with Crippen LogP contribution in [-0.4, -0.2) is 36.4 Å². The Morgan fingerprint density at radius 3 is 3.06 bits per heavy atom. The fourth-order valence-electron chi connectivity index (χ4n) is 1.15. The van der Waals surface area contributed by atoms with Crippen LogP contribution in [0.25, 0.3) is 6.08 Å². The van der Waals surface area contributed by atoms with Crippen molar-refractivity contribution in [2.75, 3.05) is 25.6 Å². The standard InChI is InChI=1S/C11H14ClN3O3/c1-18-5-4-13-11-9(12)6-8(7-14-11)2-3-10(16)15-17/h2-3,6-7,17H,4-5H2,1H3,(H,13,14)(H,15,16). The van der Waals surface area contributed by atoms with Gasteiger partial charge < -0.3 is 10.1 Å². The SMILES string of the molecule is COCCNc1ncc(C=CC(=O)NO)cc1Cl. The van der Waals surface area contributed by atoms with Gasteiger partial charge in [-0.05, 0) is 17.7 Å². The van der Waals surface area contributed by atoms with E-state index in [0.29, 0.717) is 29.6 Å². The molecule has 98 valence electrons. The van der Waals surface area contributed by atoms with Crippen LogP contribution in [0.4, 0.5) is 5.82 Å². The van der Waals surface area contributed by atoms with Gasteiger partial charge in [0.05, 0.1) is 11.6 Å². The van der Waals surface area contributed by atoms with E-state index < -0.39 is 5.91 Å². The second kappa shape index (κ2) is 7.65. The van der Waals surface area contributed by atoms with Crippen LogP contribution in [-0.2, 0) is 9.53 Å². The molecule has 0 radical (unpaired) electrons. The molecule has 7 heteroatoms. The lowest BCUT2D eigenvalue weighted by atomic mass is 10.2. The number of hydroxylamine groups is 1. The van der Waals surface area contributed by atoms with Crippen LogP contribution < -0.4 is 10.8 Å². The van der Waals surface area contributed by atoms with Gasteiger partial charge in [-0.15, -0.1) is 0 Å². The number of anilines is 1. The van der Waals surface area contributed by atoms with E-state index in [1.54, 1.807) is 19.4 Å². The molecule has 0 aliphatic heterocycles. The summed E-state index contributed by atoms with van der Waals surface area (Å²) in [7, 11) is 1.61. The monoisotopic (exact) mass is 271 g/mol. The van der Waals surface area contributed by atoms with Crippen LogP contribution in [0.1, 0.15) is 5.56 Å². The molecule has 0 atom stereocenters. The molecule has 0 unspecified atom stereocenters. The molecule has 1 amide bonds. The van der Waals surface area contributed by atoms with Gasteiger partial charge in [0.15, 0.2) is 0 Å². The van der Waals surface area contributed by atoms with E-state index in [0.717, 1.165) is 0 Å². The second-order valence-corrected chi connectivity index (χ2v) is 3.74. The molecule has 0 spiro atoms. The number of hydrogen-bond acceptors (Lipinski definition) is 5. The Morgan fingerprint density at radius 2 is 2.44 bits per heavy atom. The summed E-state index contributed by atoms with van der Waals surface area (Å²) in [6, 6.07) is 1.66. The highest BCUT2D eigenvalue weighted by molar-refractivity contribution is 6.33. The first-order valence-corrected chi connectivity index (χ1v) is 5.55. The number of carbonyl (C=O) groups excluding carboxylic acids is 1. The summed E-state index contributed by atoms with van der Waals surface area (Å²) in [5, 5.41) is 11.8. The molecule has 1 aromatic rings. The molecule has 0 aliphatic carbocycles. The summed E-state index contributed by atoms with van der Waals surface area (Å²) in [6.45, 7) is 1.15. The van der Waals surface area contributed by atoms with E-state index in [4.69, 9.17) is 21.5 Å². The molecule has 0 aromatic carbocycles. The Hall–Kier alpha value is -1.63. The van der Waals surface area contributed by atoms with Crippen LogP contribution in [0, 0.1) is 0 Å². The fraction of sp³-hybridized carbons (Fsp3) is 0.273. The van der Waals surface area contributed by atoms with Gasteiger partial charge in [0.25, 0.3) is 5.91 Å². The molecule has 3 N–H and O–H groups in total. The first-order valence-electron chi connectivity index (χ1n) is 5.18. The summed E-state index contributed by atoms with van der Waals surface area (Å²) in [4.78, 5) is 14.9. The number of halogens is 1. The van der Waals surface area contributed by atoms with Crippen molar-refractivity contribution < 1.29 is 14.7 Å². The van der Waals surface area contributed by atoms with Crippen molar-refractivity contribution in [2.45, 2.75) is 0 Å². The molecule has 1 heterocycles. The highest BCUT2D eigenvalue weighted by Gasteiger charge is 2.02. The van der Waals surface area contributed by atoms with Crippen molar-refractivity contribution in [1.29, 1.82) is 0 Å². The van der Waals surface area contributed by atoms with Gasteiger partial charge >= 0.3 is 0 Å². The lowest BCUT2D eigenvalue weighted by Crippen LogP contribution is -2.14. The quantitative estimate of drug-likeness (QED) is 0.314. The molecule has 1 rings (SSSR count). The minimum absolute atomic E-state index is 0.442. The Kier molecular flexibility index (Phi) is 6.13. The average Bonchev–Trinajstić information content (AvgIpc) is 2.38. The minimum Gasteiger partial charge on any atom is -0.383 e. The Balaban J connectivity index is 2.67. The predicted octanol–water partition coefficient (Wildman–Crippen LogP) is 1.31. The Bertz CT molecular complexity index is 438. The highest BCUT2D eigenvalue weighted by atomic mass is 35.5. The van der Waals surface area contributed by atoms with Crippen LogP contribution in [0.5, 0.6) is 0 Å². The normalized spacial score (nSPS) is 10.6. The average molecular weight is 272 g/mol. The van der Waals surface area contributed by atoms with E-state index >= 15 is 0 Å². The highest BCUT2D eigenvalue weighted by Crippen LogP contribution is 2.20. The third-order valence-corrected chi connectivity index (χ3v) is 2.29. The van der Waals surface area contributed by atoms with E-state index in [1.165, 1.54) is 17.6 Å². The molecule has 0 fully saturated rings. The summed E-state index contributed by atoms with van der Waals surface area (Å²) >= 11 is 6.01. The summed E-state index contributed by atoms with van der Waals surface area (Å²) < 4.78 is 4.89. The number of nitrogens with zero attached hydrogens (tertiary/aromatic N) is 1. The minimum atomic E-state index is -0.617. The van der Waals surface area contributed by atoms with Crippen LogP contribution in [0.15, 0.2) is 18.3 Å². The molecule has 0 saturated heterocycles. The Labute approximate surface area is 110 Å². The summed E-state index contributed by atoms with van der Waals surface area (Å²) in [5.41, 5.74) is 2.14. The van der Waals surface area contributed by atoms with Crippen molar-refractivity contribution >= 4 is 29.4 Å². The number of amides is 1.